The Balaban J connectivity index is 1.92. The zero-order valence-corrected chi connectivity index (χ0v) is 11.7. The minimum absolute atomic E-state index is 0.602. The number of hydrogen-bond acceptors (Lipinski definition) is 1. The molecule has 0 radical (unpaired) electrons. The van der Waals surface area contributed by atoms with Gasteiger partial charge in [0.05, 0.1) is 0 Å². The van der Waals surface area contributed by atoms with Crippen LogP contribution in [0.1, 0.15) is 58.3 Å². The molecular formula is C16H29N. The van der Waals surface area contributed by atoms with E-state index in [0.717, 1.165) is 11.8 Å². The van der Waals surface area contributed by atoms with Crippen LogP contribution in [-0.2, 0) is 0 Å². The van der Waals surface area contributed by atoms with E-state index in [4.69, 9.17) is 0 Å². The molecule has 0 aromatic rings. The van der Waals surface area contributed by atoms with Crippen LogP contribution < -0.4 is 5.32 Å². The van der Waals surface area contributed by atoms with Gasteiger partial charge in [0.1, 0.15) is 0 Å². The van der Waals surface area contributed by atoms with Crippen LogP contribution in [0.4, 0.5) is 0 Å². The maximum atomic E-state index is 3.29. The second-order valence-corrected chi connectivity index (χ2v) is 6.43. The first-order valence-electron chi connectivity index (χ1n) is 7.56. The molecule has 17 heavy (non-hydrogen) atoms. The monoisotopic (exact) mass is 235 g/mol. The Hall–Kier alpha value is -0.300. The minimum atomic E-state index is 0.602. The Morgan fingerprint density at radius 3 is 2.59 bits per heavy atom. The molecule has 2 aliphatic carbocycles. The molecule has 0 amide bonds. The molecule has 2 aliphatic rings. The number of nitrogens with one attached hydrogen (secondary N) is 1. The van der Waals surface area contributed by atoms with Gasteiger partial charge in [0.25, 0.3) is 0 Å². The van der Waals surface area contributed by atoms with Crippen molar-refractivity contribution in [3.05, 3.63) is 12.2 Å². The molecule has 1 heteroatoms. The average molecular weight is 235 g/mol. The largest absolute Gasteiger partial charge is 0.320 e. The number of hydrogen-bond donors (Lipinski definition) is 1. The summed E-state index contributed by atoms with van der Waals surface area (Å²) in [6, 6.07) is 0. The maximum absolute atomic E-state index is 3.29. The summed E-state index contributed by atoms with van der Waals surface area (Å²) in [5, 5.41) is 3.29. The van der Waals surface area contributed by atoms with Crippen LogP contribution in [0.25, 0.3) is 0 Å². The summed E-state index contributed by atoms with van der Waals surface area (Å²) in [5.74, 6) is 1.99. The highest BCUT2D eigenvalue weighted by Gasteiger charge is 2.39. The van der Waals surface area contributed by atoms with Crippen LogP contribution in [0.5, 0.6) is 0 Å². The highest BCUT2D eigenvalue weighted by Crippen LogP contribution is 2.50. The van der Waals surface area contributed by atoms with Crippen molar-refractivity contribution in [2.45, 2.75) is 58.3 Å². The van der Waals surface area contributed by atoms with Crippen LogP contribution in [-0.4, -0.2) is 13.6 Å². The van der Waals surface area contributed by atoms with E-state index in [1.165, 1.54) is 57.9 Å². The van der Waals surface area contributed by atoms with E-state index < -0.39 is 0 Å². The van der Waals surface area contributed by atoms with E-state index in [9.17, 15) is 0 Å². The molecule has 0 saturated heterocycles. The van der Waals surface area contributed by atoms with E-state index in [0.29, 0.717) is 5.41 Å². The quantitative estimate of drug-likeness (QED) is 0.557. The molecule has 1 saturated carbocycles. The predicted molar refractivity (Wildman–Crippen MR) is 75.1 cm³/mol. The van der Waals surface area contributed by atoms with Crippen LogP contribution >= 0.6 is 0 Å². The molecule has 0 aliphatic heterocycles. The van der Waals surface area contributed by atoms with Crippen molar-refractivity contribution >= 4 is 0 Å². The summed E-state index contributed by atoms with van der Waals surface area (Å²) in [6.45, 7) is 3.73. The van der Waals surface area contributed by atoms with Crippen molar-refractivity contribution in [1.29, 1.82) is 0 Å². The lowest BCUT2D eigenvalue weighted by Gasteiger charge is -2.43. The van der Waals surface area contributed by atoms with Gasteiger partial charge in [0, 0.05) is 0 Å². The molecule has 0 spiro atoms. The fourth-order valence-corrected chi connectivity index (χ4v) is 4.10. The average Bonchev–Trinajstić information content (AvgIpc) is 2.78. The van der Waals surface area contributed by atoms with Gasteiger partial charge in [-0.25, -0.2) is 0 Å². The lowest BCUT2D eigenvalue weighted by Crippen LogP contribution is -2.34. The molecule has 1 nitrogen and oxygen atoms in total. The first-order valence-corrected chi connectivity index (χ1v) is 7.56. The van der Waals surface area contributed by atoms with Gasteiger partial charge in [-0.1, -0.05) is 38.3 Å². The van der Waals surface area contributed by atoms with Crippen molar-refractivity contribution in [3.63, 3.8) is 0 Å². The van der Waals surface area contributed by atoms with E-state index in [1.54, 1.807) is 0 Å². The van der Waals surface area contributed by atoms with Crippen molar-refractivity contribution in [1.82, 2.24) is 5.32 Å². The molecule has 2 atom stereocenters. The first-order chi connectivity index (χ1) is 8.26. The molecule has 0 aromatic heterocycles. The van der Waals surface area contributed by atoms with Crippen molar-refractivity contribution in [3.8, 4) is 0 Å². The number of allylic oxidation sites excluding steroid dienone is 2. The summed E-state index contributed by atoms with van der Waals surface area (Å²) in [6.07, 6.45) is 16.2. The first kappa shape index (κ1) is 13.1. The zero-order valence-electron chi connectivity index (χ0n) is 11.7. The Bertz CT molecular complexity index is 248. The second kappa shape index (κ2) is 6.04. The lowest BCUT2D eigenvalue weighted by molar-refractivity contribution is 0.0804. The van der Waals surface area contributed by atoms with Gasteiger partial charge < -0.3 is 5.32 Å². The molecule has 0 heterocycles. The normalized spacial score (nSPS) is 31.9. The van der Waals surface area contributed by atoms with Crippen molar-refractivity contribution < 1.29 is 0 Å². The van der Waals surface area contributed by atoms with Crippen LogP contribution in [0.2, 0.25) is 0 Å². The van der Waals surface area contributed by atoms with Crippen LogP contribution in [0.15, 0.2) is 12.2 Å². The second-order valence-electron chi connectivity index (χ2n) is 6.43. The van der Waals surface area contributed by atoms with E-state index in [-0.39, 0.29) is 0 Å². The van der Waals surface area contributed by atoms with E-state index >= 15 is 0 Å². The van der Waals surface area contributed by atoms with Gasteiger partial charge in [-0.3, -0.25) is 0 Å². The Labute approximate surface area is 107 Å². The zero-order chi connectivity index (χ0) is 12.1. The third-order valence-corrected chi connectivity index (χ3v) is 5.14. The topological polar surface area (TPSA) is 12.0 Å². The Morgan fingerprint density at radius 1 is 1.18 bits per heavy atom. The summed E-state index contributed by atoms with van der Waals surface area (Å²) in [5.41, 5.74) is 0.602. The predicted octanol–water partition coefficient (Wildman–Crippen LogP) is 4.15. The third-order valence-electron chi connectivity index (χ3n) is 5.14. The lowest BCUT2D eigenvalue weighted by atomic mass is 9.62. The smallest absolute Gasteiger partial charge is 0.00518 e. The van der Waals surface area contributed by atoms with Gasteiger partial charge in [-0.05, 0) is 62.9 Å². The Kier molecular flexibility index (Phi) is 4.67. The highest BCUT2D eigenvalue weighted by atomic mass is 14.8. The SMILES string of the molecule is CNCCCC1CCCCC1C1(C)CC=CC1. The number of rotatable bonds is 5. The summed E-state index contributed by atoms with van der Waals surface area (Å²) in [7, 11) is 2.07. The van der Waals surface area contributed by atoms with Crippen molar-refractivity contribution in [2.75, 3.05) is 13.6 Å². The van der Waals surface area contributed by atoms with Gasteiger partial charge in [0.15, 0.2) is 0 Å². The van der Waals surface area contributed by atoms with Crippen LogP contribution in [0.3, 0.4) is 0 Å². The van der Waals surface area contributed by atoms with E-state index in [2.05, 4.69) is 31.4 Å². The molecule has 2 rings (SSSR count). The maximum Gasteiger partial charge on any atom is -0.00518 e. The standard InChI is InChI=1S/C16H29N/c1-16(11-5-6-12-16)15-10-4-3-8-14(15)9-7-13-17-2/h5-6,14-15,17H,3-4,7-13H2,1-2H3. The summed E-state index contributed by atoms with van der Waals surface area (Å²) in [4.78, 5) is 0. The van der Waals surface area contributed by atoms with Gasteiger partial charge in [0.2, 0.25) is 0 Å². The molecular weight excluding hydrogens is 206 g/mol. The van der Waals surface area contributed by atoms with Crippen molar-refractivity contribution in [2.24, 2.45) is 17.3 Å². The third kappa shape index (κ3) is 3.13. The molecule has 98 valence electrons. The fraction of sp³-hybridized carbons (Fsp3) is 0.875. The fourth-order valence-electron chi connectivity index (χ4n) is 4.10. The highest BCUT2D eigenvalue weighted by molar-refractivity contribution is 5.05. The molecule has 0 aromatic carbocycles. The minimum Gasteiger partial charge on any atom is -0.320 e. The Morgan fingerprint density at radius 2 is 1.88 bits per heavy atom. The summed E-state index contributed by atoms with van der Waals surface area (Å²) >= 11 is 0. The summed E-state index contributed by atoms with van der Waals surface area (Å²) < 4.78 is 0. The molecule has 0 bridgehead atoms. The van der Waals surface area contributed by atoms with Gasteiger partial charge >= 0.3 is 0 Å². The van der Waals surface area contributed by atoms with Crippen LogP contribution in [0, 0.1) is 17.3 Å². The van der Waals surface area contributed by atoms with Gasteiger partial charge in [-0.2, -0.15) is 0 Å². The van der Waals surface area contributed by atoms with Gasteiger partial charge in [-0.15, -0.1) is 0 Å². The molecule has 2 unspecified atom stereocenters. The molecule has 1 N–H and O–H groups in total. The molecule has 1 fully saturated rings. The van der Waals surface area contributed by atoms with E-state index in [1.807, 2.05) is 0 Å².